The lowest BCUT2D eigenvalue weighted by atomic mass is 9.96. The molecule has 3 amide bonds. The van der Waals surface area contributed by atoms with Crippen molar-refractivity contribution in [3.8, 4) is 5.75 Å². The van der Waals surface area contributed by atoms with E-state index in [4.69, 9.17) is 4.74 Å². The summed E-state index contributed by atoms with van der Waals surface area (Å²) >= 11 is 0. The monoisotopic (exact) mass is 393 g/mol. The highest BCUT2D eigenvalue weighted by Crippen LogP contribution is 2.32. The van der Waals surface area contributed by atoms with Crippen molar-refractivity contribution >= 4 is 17.6 Å². The molecule has 2 heterocycles. The Morgan fingerprint density at radius 3 is 2.66 bits per heavy atom. The van der Waals surface area contributed by atoms with E-state index in [9.17, 15) is 9.59 Å². The average Bonchev–Trinajstić information content (AvgIpc) is 2.79. The molecule has 29 heavy (non-hydrogen) atoms. The van der Waals surface area contributed by atoms with Crippen LogP contribution < -0.4 is 15.0 Å². The molecule has 0 unspecified atom stereocenters. The highest BCUT2D eigenvalue weighted by atomic mass is 16.5. The van der Waals surface area contributed by atoms with E-state index in [1.807, 2.05) is 66.4 Å². The van der Waals surface area contributed by atoms with Gasteiger partial charge in [-0.1, -0.05) is 42.5 Å². The van der Waals surface area contributed by atoms with Crippen molar-refractivity contribution in [2.24, 2.45) is 5.92 Å². The minimum absolute atomic E-state index is 0.0150. The van der Waals surface area contributed by atoms with E-state index in [2.05, 4.69) is 5.32 Å². The van der Waals surface area contributed by atoms with Gasteiger partial charge in [-0.05, 0) is 37.5 Å². The normalized spacial score (nSPS) is 19.7. The highest BCUT2D eigenvalue weighted by Gasteiger charge is 2.33. The van der Waals surface area contributed by atoms with Crippen molar-refractivity contribution in [1.29, 1.82) is 0 Å². The van der Waals surface area contributed by atoms with E-state index in [0.29, 0.717) is 26.2 Å². The smallest absolute Gasteiger partial charge is 0.324 e. The minimum atomic E-state index is -0.185. The van der Waals surface area contributed by atoms with Gasteiger partial charge in [0.1, 0.15) is 12.4 Å². The fourth-order valence-electron chi connectivity index (χ4n) is 4.06. The highest BCUT2D eigenvalue weighted by molar-refractivity contribution is 5.94. The Hall–Kier alpha value is -3.02. The van der Waals surface area contributed by atoms with Gasteiger partial charge in [0.05, 0.1) is 24.2 Å². The molecule has 0 aliphatic carbocycles. The van der Waals surface area contributed by atoms with Crippen LogP contribution in [0.5, 0.6) is 5.75 Å². The number of amides is 3. The molecule has 0 radical (unpaired) electrons. The first-order valence-corrected chi connectivity index (χ1v) is 10.3. The van der Waals surface area contributed by atoms with Crippen molar-refractivity contribution in [3.05, 3.63) is 60.2 Å². The fourth-order valence-corrected chi connectivity index (χ4v) is 4.06. The van der Waals surface area contributed by atoms with Crippen LogP contribution in [0, 0.1) is 5.92 Å². The quantitative estimate of drug-likeness (QED) is 0.867. The molecule has 0 saturated carbocycles. The molecule has 2 atom stereocenters. The summed E-state index contributed by atoms with van der Waals surface area (Å²) in [5, 5.41) is 3.11. The van der Waals surface area contributed by atoms with Gasteiger partial charge in [0, 0.05) is 13.1 Å². The maximum Gasteiger partial charge on any atom is 0.324 e. The predicted octanol–water partition coefficient (Wildman–Crippen LogP) is 3.59. The molecule has 2 aliphatic heterocycles. The lowest BCUT2D eigenvalue weighted by Gasteiger charge is -2.38. The molecular weight excluding hydrogens is 366 g/mol. The Bertz CT molecular complexity index is 871. The number of benzene rings is 2. The molecule has 2 aromatic rings. The maximum absolute atomic E-state index is 13.2. The van der Waals surface area contributed by atoms with Gasteiger partial charge in [-0.3, -0.25) is 9.69 Å². The van der Waals surface area contributed by atoms with Crippen LogP contribution in [0.1, 0.15) is 31.4 Å². The summed E-state index contributed by atoms with van der Waals surface area (Å²) in [6.45, 7) is 4.12. The zero-order valence-electron chi connectivity index (χ0n) is 16.7. The SMILES string of the molecule is C[C@@H](NC(=O)[C@@H]1CCCN(C(=O)N2CCOc3ccccc32)C1)c1ccccc1. The number of piperidine rings is 1. The third-order valence-corrected chi connectivity index (χ3v) is 5.68. The van der Waals surface area contributed by atoms with Crippen molar-refractivity contribution in [1.82, 2.24) is 10.2 Å². The van der Waals surface area contributed by atoms with Crippen LogP contribution in [0.4, 0.5) is 10.5 Å². The van der Waals surface area contributed by atoms with Crippen molar-refractivity contribution < 1.29 is 14.3 Å². The van der Waals surface area contributed by atoms with Crippen LogP contribution in [0.15, 0.2) is 54.6 Å². The number of carbonyl (C=O) groups is 2. The fraction of sp³-hybridized carbons (Fsp3) is 0.391. The van der Waals surface area contributed by atoms with Crippen molar-refractivity contribution in [2.45, 2.75) is 25.8 Å². The van der Waals surface area contributed by atoms with Crippen LogP contribution in [-0.4, -0.2) is 43.1 Å². The number of likely N-dealkylation sites (tertiary alicyclic amines) is 1. The molecule has 4 rings (SSSR count). The topological polar surface area (TPSA) is 61.9 Å². The number of urea groups is 1. The summed E-state index contributed by atoms with van der Waals surface area (Å²) in [6, 6.07) is 17.4. The van der Waals surface area contributed by atoms with E-state index < -0.39 is 0 Å². The Labute approximate surface area is 171 Å². The van der Waals surface area contributed by atoms with Crippen LogP contribution >= 0.6 is 0 Å². The molecule has 0 bridgehead atoms. The predicted molar refractivity (Wildman–Crippen MR) is 112 cm³/mol. The first kappa shape index (κ1) is 19.3. The summed E-state index contributed by atoms with van der Waals surface area (Å²) in [4.78, 5) is 29.6. The van der Waals surface area contributed by atoms with E-state index in [1.165, 1.54) is 0 Å². The number of anilines is 1. The van der Waals surface area contributed by atoms with Crippen molar-refractivity contribution in [2.75, 3.05) is 31.1 Å². The summed E-state index contributed by atoms with van der Waals surface area (Å²) in [7, 11) is 0. The van der Waals surface area contributed by atoms with Gasteiger partial charge in [-0.15, -0.1) is 0 Å². The standard InChI is InChI=1S/C23H27N3O3/c1-17(18-8-3-2-4-9-18)24-22(27)19-10-7-13-25(16-19)23(28)26-14-15-29-21-12-6-5-11-20(21)26/h2-6,8-9,11-12,17,19H,7,10,13-16H2,1H3,(H,24,27)/t17-,19-/m1/s1. The second kappa shape index (κ2) is 8.55. The largest absolute Gasteiger partial charge is 0.490 e. The molecule has 6 nitrogen and oxygen atoms in total. The van der Waals surface area contributed by atoms with Gasteiger partial charge in [0.25, 0.3) is 0 Å². The summed E-state index contributed by atoms with van der Waals surface area (Å²) in [5.74, 6) is 0.562. The Kier molecular flexibility index (Phi) is 5.69. The Morgan fingerprint density at radius 1 is 1.07 bits per heavy atom. The number of nitrogens with one attached hydrogen (secondary N) is 1. The first-order valence-electron chi connectivity index (χ1n) is 10.3. The van der Waals surface area contributed by atoms with Crippen molar-refractivity contribution in [3.63, 3.8) is 0 Å². The van der Waals surface area contributed by atoms with Gasteiger partial charge in [0.2, 0.25) is 5.91 Å². The molecule has 1 fully saturated rings. The summed E-state index contributed by atoms with van der Waals surface area (Å²) < 4.78 is 5.66. The number of para-hydroxylation sites is 2. The summed E-state index contributed by atoms with van der Waals surface area (Å²) in [6.07, 6.45) is 1.63. The second-order valence-electron chi connectivity index (χ2n) is 7.68. The number of nitrogens with zero attached hydrogens (tertiary/aromatic N) is 2. The van der Waals surface area contributed by atoms with E-state index in [0.717, 1.165) is 29.8 Å². The first-order chi connectivity index (χ1) is 14.1. The lowest BCUT2D eigenvalue weighted by molar-refractivity contribution is -0.126. The lowest BCUT2D eigenvalue weighted by Crippen LogP contribution is -2.52. The van der Waals surface area contributed by atoms with Crippen LogP contribution in [0.3, 0.4) is 0 Å². The molecule has 2 aliphatic rings. The molecule has 152 valence electrons. The van der Waals surface area contributed by atoms with Crippen LogP contribution in [-0.2, 0) is 4.79 Å². The summed E-state index contributed by atoms with van der Waals surface area (Å²) in [5.41, 5.74) is 1.88. The van der Waals surface area contributed by atoms with Crippen LogP contribution in [0.2, 0.25) is 0 Å². The Balaban J connectivity index is 1.41. The molecular formula is C23H27N3O3. The van der Waals surface area contributed by atoms with Gasteiger partial charge in [-0.25, -0.2) is 4.79 Å². The third kappa shape index (κ3) is 4.21. The van der Waals surface area contributed by atoms with Crippen LogP contribution in [0.25, 0.3) is 0 Å². The Morgan fingerprint density at radius 2 is 1.83 bits per heavy atom. The van der Waals surface area contributed by atoms with Gasteiger partial charge in [0.15, 0.2) is 0 Å². The number of fused-ring (bicyclic) bond motifs is 1. The number of ether oxygens (including phenoxy) is 1. The third-order valence-electron chi connectivity index (χ3n) is 5.68. The second-order valence-corrected chi connectivity index (χ2v) is 7.68. The molecule has 0 spiro atoms. The van der Waals surface area contributed by atoms with Gasteiger partial charge >= 0.3 is 6.03 Å². The molecule has 1 saturated heterocycles. The van der Waals surface area contributed by atoms with E-state index >= 15 is 0 Å². The molecule has 2 aromatic carbocycles. The molecule has 6 heteroatoms. The minimum Gasteiger partial charge on any atom is -0.490 e. The number of hydrogen-bond donors (Lipinski definition) is 1. The zero-order valence-corrected chi connectivity index (χ0v) is 16.7. The number of hydrogen-bond acceptors (Lipinski definition) is 3. The zero-order chi connectivity index (χ0) is 20.2. The van der Waals surface area contributed by atoms with Gasteiger partial charge in [-0.2, -0.15) is 0 Å². The number of rotatable bonds is 3. The molecule has 1 N–H and O–H groups in total. The van der Waals surface area contributed by atoms with Gasteiger partial charge < -0.3 is 15.0 Å². The van der Waals surface area contributed by atoms with E-state index in [-0.39, 0.29) is 23.9 Å². The maximum atomic E-state index is 13.2. The average molecular weight is 393 g/mol. The number of carbonyl (C=O) groups excluding carboxylic acids is 2. The van der Waals surface area contributed by atoms with E-state index in [1.54, 1.807) is 4.90 Å². The molecule has 0 aromatic heterocycles.